The molecule has 0 saturated carbocycles. The summed E-state index contributed by atoms with van der Waals surface area (Å²) >= 11 is 5.76. The van der Waals surface area contributed by atoms with Gasteiger partial charge in [-0.25, -0.2) is 4.39 Å². The predicted octanol–water partition coefficient (Wildman–Crippen LogP) is 2.23. The van der Waals surface area contributed by atoms with Gasteiger partial charge in [-0.3, -0.25) is 4.79 Å². The maximum atomic E-state index is 13.4. The van der Waals surface area contributed by atoms with Crippen molar-refractivity contribution in [2.24, 2.45) is 5.41 Å². The van der Waals surface area contributed by atoms with Gasteiger partial charge in [-0.15, -0.1) is 0 Å². The van der Waals surface area contributed by atoms with E-state index in [0.717, 1.165) is 0 Å². The molecule has 1 aromatic rings. The Morgan fingerprint density at radius 1 is 1.53 bits per heavy atom. The topological polar surface area (TPSA) is 49.3 Å². The van der Waals surface area contributed by atoms with Crippen LogP contribution in [0.2, 0.25) is 5.02 Å². The fourth-order valence-electron chi connectivity index (χ4n) is 1.18. The fourth-order valence-corrected chi connectivity index (χ4v) is 1.43. The highest BCUT2D eigenvalue weighted by atomic mass is 35.5. The van der Waals surface area contributed by atoms with Crippen LogP contribution in [0.25, 0.3) is 0 Å². The van der Waals surface area contributed by atoms with Gasteiger partial charge >= 0.3 is 0 Å². The molecule has 0 bridgehead atoms. The molecular weight excluding hydrogens is 245 g/mol. The Morgan fingerprint density at radius 2 is 2.18 bits per heavy atom. The van der Waals surface area contributed by atoms with Crippen LogP contribution < -0.4 is 5.32 Å². The molecule has 1 amide bonds. The number of benzene rings is 1. The number of aliphatic hydroxyl groups excluding tert-OH is 1. The molecule has 0 atom stereocenters. The second kappa shape index (κ2) is 5.47. The minimum absolute atomic E-state index is 0.0711. The molecule has 0 fully saturated rings. The molecule has 0 saturated heterocycles. The summed E-state index contributed by atoms with van der Waals surface area (Å²) in [6, 6.07) is 4.07. The Bertz CT molecular complexity index is 401. The number of aliphatic hydroxyl groups is 1. The number of hydrogen-bond donors (Lipinski definition) is 2. The van der Waals surface area contributed by atoms with Gasteiger partial charge in [0.05, 0.1) is 10.6 Å². The SMILES string of the molecule is CC(C)(CO)CNC(=O)c1c(F)cccc1Cl. The molecule has 0 aliphatic heterocycles. The van der Waals surface area contributed by atoms with Gasteiger partial charge in [0.2, 0.25) is 0 Å². The summed E-state index contributed by atoms with van der Waals surface area (Å²) in [5.41, 5.74) is -0.615. The smallest absolute Gasteiger partial charge is 0.255 e. The molecule has 0 radical (unpaired) electrons. The Balaban J connectivity index is 2.78. The molecule has 1 rings (SSSR count). The lowest BCUT2D eigenvalue weighted by molar-refractivity contribution is 0.0907. The van der Waals surface area contributed by atoms with Crippen LogP contribution in [0.1, 0.15) is 24.2 Å². The van der Waals surface area contributed by atoms with Crippen LogP contribution in [0.5, 0.6) is 0 Å². The van der Waals surface area contributed by atoms with Crippen LogP contribution in [0.3, 0.4) is 0 Å². The number of amides is 1. The van der Waals surface area contributed by atoms with Crippen molar-refractivity contribution in [2.45, 2.75) is 13.8 Å². The van der Waals surface area contributed by atoms with Crippen LogP contribution in [0, 0.1) is 11.2 Å². The van der Waals surface area contributed by atoms with Crippen molar-refractivity contribution in [3.8, 4) is 0 Å². The Labute approximate surface area is 105 Å². The number of carbonyl (C=O) groups excluding carboxylic acids is 1. The van der Waals surface area contributed by atoms with E-state index in [1.807, 2.05) is 0 Å². The second-order valence-corrected chi connectivity index (χ2v) is 5.01. The van der Waals surface area contributed by atoms with Crippen molar-refractivity contribution < 1.29 is 14.3 Å². The zero-order chi connectivity index (χ0) is 13.1. The van der Waals surface area contributed by atoms with Gasteiger partial charge in [-0.1, -0.05) is 31.5 Å². The molecule has 94 valence electrons. The zero-order valence-corrected chi connectivity index (χ0v) is 10.5. The van der Waals surface area contributed by atoms with Crippen molar-refractivity contribution in [1.29, 1.82) is 0 Å². The van der Waals surface area contributed by atoms with Crippen molar-refractivity contribution in [3.63, 3.8) is 0 Å². The first-order valence-corrected chi connectivity index (χ1v) is 5.58. The standard InChI is InChI=1S/C12H15ClFNO2/c1-12(2,7-16)6-15-11(17)10-8(13)4-3-5-9(10)14/h3-5,16H,6-7H2,1-2H3,(H,15,17). The van der Waals surface area contributed by atoms with Crippen molar-refractivity contribution in [3.05, 3.63) is 34.6 Å². The summed E-state index contributed by atoms with van der Waals surface area (Å²) in [5, 5.41) is 11.7. The molecule has 17 heavy (non-hydrogen) atoms. The third-order valence-corrected chi connectivity index (χ3v) is 2.66. The first-order valence-electron chi connectivity index (χ1n) is 5.20. The molecule has 0 aliphatic carbocycles. The molecular formula is C12H15ClFNO2. The lowest BCUT2D eigenvalue weighted by Gasteiger charge is -2.22. The maximum absolute atomic E-state index is 13.4. The van der Waals surface area contributed by atoms with E-state index >= 15 is 0 Å². The zero-order valence-electron chi connectivity index (χ0n) is 9.76. The third kappa shape index (κ3) is 3.68. The van der Waals surface area contributed by atoms with Crippen LogP contribution in [0.15, 0.2) is 18.2 Å². The van der Waals surface area contributed by atoms with E-state index in [2.05, 4.69) is 5.32 Å². The number of halogens is 2. The number of nitrogens with one attached hydrogen (secondary N) is 1. The lowest BCUT2D eigenvalue weighted by Crippen LogP contribution is -2.36. The van der Waals surface area contributed by atoms with Gasteiger partial charge in [-0.05, 0) is 12.1 Å². The highest BCUT2D eigenvalue weighted by Crippen LogP contribution is 2.19. The summed E-state index contributed by atoms with van der Waals surface area (Å²) in [4.78, 5) is 11.7. The van der Waals surface area contributed by atoms with Crippen molar-refractivity contribution >= 4 is 17.5 Å². The summed E-state index contributed by atoms with van der Waals surface area (Å²) < 4.78 is 13.4. The van der Waals surface area contributed by atoms with E-state index in [9.17, 15) is 9.18 Å². The summed E-state index contributed by atoms with van der Waals surface area (Å²) in [6.45, 7) is 3.75. The monoisotopic (exact) mass is 259 g/mol. The van der Waals surface area contributed by atoms with Gasteiger partial charge < -0.3 is 10.4 Å². The molecule has 0 aliphatic rings. The minimum Gasteiger partial charge on any atom is -0.396 e. The molecule has 5 heteroatoms. The summed E-state index contributed by atoms with van der Waals surface area (Å²) in [6.07, 6.45) is 0. The average Bonchev–Trinajstić information content (AvgIpc) is 2.26. The Hall–Kier alpha value is -1.13. The van der Waals surface area contributed by atoms with Crippen LogP contribution in [-0.2, 0) is 0 Å². The molecule has 0 spiro atoms. The normalized spacial score (nSPS) is 11.4. The molecule has 3 nitrogen and oxygen atoms in total. The Morgan fingerprint density at radius 3 is 2.71 bits per heavy atom. The summed E-state index contributed by atoms with van der Waals surface area (Å²) in [5.74, 6) is -1.23. The van der Waals surface area contributed by atoms with E-state index in [-0.39, 0.29) is 23.7 Å². The minimum atomic E-state index is -0.656. The van der Waals surface area contributed by atoms with Crippen LogP contribution in [0.4, 0.5) is 4.39 Å². The van der Waals surface area contributed by atoms with E-state index < -0.39 is 17.1 Å². The van der Waals surface area contributed by atoms with E-state index in [1.165, 1.54) is 18.2 Å². The van der Waals surface area contributed by atoms with Crippen LogP contribution in [-0.4, -0.2) is 24.2 Å². The average molecular weight is 260 g/mol. The summed E-state index contributed by atoms with van der Waals surface area (Å²) in [7, 11) is 0. The first-order chi connectivity index (χ1) is 7.87. The van der Waals surface area contributed by atoms with Crippen molar-refractivity contribution in [1.82, 2.24) is 5.32 Å². The number of hydrogen-bond acceptors (Lipinski definition) is 2. The quantitative estimate of drug-likeness (QED) is 0.871. The molecule has 0 aromatic heterocycles. The molecule has 1 aromatic carbocycles. The predicted molar refractivity (Wildman–Crippen MR) is 64.6 cm³/mol. The molecule has 0 unspecified atom stereocenters. The van der Waals surface area contributed by atoms with Gasteiger partial charge in [0.25, 0.3) is 5.91 Å². The highest BCUT2D eigenvalue weighted by molar-refractivity contribution is 6.33. The van der Waals surface area contributed by atoms with Gasteiger partial charge in [-0.2, -0.15) is 0 Å². The highest BCUT2D eigenvalue weighted by Gasteiger charge is 2.20. The van der Waals surface area contributed by atoms with Gasteiger partial charge in [0, 0.05) is 18.6 Å². The lowest BCUT2D eigenvalue weighted by atomic mass is 9.95. The molecule has 2 N–H and O–H groups in total. The van der Waals surface area contributed by atoms with E-state index in [0.29, 0.717) is 0 Å². The first kappa shape index (κ1) is 13.9. The number of rotatable bonds is 4. The molecule has 0 heterocycles. The van der Waals surface area contributed by atoms with Gasteiger partial charge in [0.1, 0.15) is 5.82 Å². The van der Waals surface area contributed by atoms with E-state index in [1.54, 1.807) is 13.8 Å². The second-order valence-electron chi connectivity index (χ2n) is 4.60. The third-order valence-electron chi connectivity index (χ3n) is 2.35. The Kier molecular flexibility index (Phi) is 4.48. The largest absolute Gasteiger partial charge is 0.396 e. The van der Waals surface area contributed by atoms with Crippen molar-refractivity contribution in [2.75, 3.05) is 13.2 Å². The van der Waals surface area contributed by atoms with Crippen LogP contribution >= 0.6 is 11.6 Å². The van der Waals surface area contributed by atoms with Gasteiger partial charge in [0.15, 0.2) is 0 Å². The maximum Gasteiger partial charge on any atom is 0.255 e. The fraction of sp³-hybridized carbons (Fsp3) is 0.417. The van der Waals surface area contributed by atoms with E-state index in [4.69, 9.17) is 16.7 Å². The number of carbonyl (C=O) groups is 1.